The van der Waals surface area contributed by atoms with Gasteiger partial charge < -0.3 is 24.2 Å². The molecule has 12 heteroatoms. The minimum absolute atomic E-state index is 0.127. The number of rotatable bonds is 11. The molecule has 0 saturated carbocycles. The third kappa shape index (κ3) is 8.56. The zero-order valence-corrected chi connectivity index (χ0v) is 36.8. The Morgan fingerprint density at radius 1 is 0.726 bits per heavy atom. The monoisotopic (exact) mass is 909 g/mol. The van der Waals surface area contributed by atoms with Crippen molar-refractivity contribution in [1.82, 2.24) is 15.1 Å². The number of amides is 3. The molecule has 3 saturated heterocycles. The predicted molar refractivity (Wildman–Crippen MR) is 248 cm³/mol. The molecule has 3 fully saturated rings. The van der Waals surface area contributed by atoms with Crippen molar-refractivity contribution < 1.29 is 23.9 Å². The number of nitrogens with one attached hydrogen (secondary N) is 1. The number of hydrogen-bond acceptors (Lipinski definition) is 9. The van der Waals surface area contributed by atoms with E-state index < -0.39 is 6.04 Å². The normalized spacial score (nSPS) is 18.6. The van der Waals surface area contributed by atoms with E-state index in [0.29, 0.717) is 31.1 Å². The molecule has 3 amide bonds. The Labute approximate surface area is 374 Å². The van der Waals surface area contributed by atoms with Crippen LogP contribution in [0.5, 0.6) is 17.2 Å². The van der Waals surface area contributed by atoms with Crippen LogP contribution in [0.15, 0.2) is 120 Å². The molecule has 1 unspecified atom stereocenters. The standard InChI is InChI=1S/C50H48BrN5O5S/c51-37-8-6-35(7-9-37)48-47(43-17-15-41(29-45(43)62-48)60-32-34-4-2-1-3-5-34)61-40-13-10-38(11-14-40)54-22-20-33(21-23-54)30-53-24-26-55(27-25-53)39-12-16-42-36(28-39)31-56(50(42)59)44-18-19-46(57)52-49(44)58/h1-17,28-29,33,44H,18-27,30-32H2,(H,52,57,58). The number of nitrogens with zero attached hydrogens (tertiary/aromatic N) is 4. The second-order valence-electron chi connectivity index (χ2n) is 16.8. The van der Waals surface area contributed by atoms with Gasteiger partial charge in [-0.1, -0.05) is 58.4 Å². The zero-order valence-electron chi connectivity index (χ0n) is 34.4. The highest BCUT2D eigenvalue weighted by Crippen LogP contribution is 2.47. The number of carbonyl (C=O) groups excluding carboxylic acids is 3. The number of hydrogen-bond donors (Lipinski definition) is 1. The molecule has 1 aromatic heterocycles. The maximum atomic E-state index is 13.2. The van der Waals surface area contributed by atoms with E-state index in [-0.39, 0.29) is 24.1 Å². The van der Waals surface area contributed by atoms with Crippen LogP contribution >= 0.6 is 27.3 Å². The Hall–Kier alpha value is -5.69. The number of thiophene rings is 1. The van der Waals surface area contributed by atoms with E-state index in [0.717, 1.165) is 118 Å². The van der Waals surface area contributed by atoms with Crippen molar-refractivity contribution in [3.8, 4) is 27.7 Å². The zero-order chi connectivity index (χ0) is 42.2. The molecule has 62 heavy (non-hydrogen) atoms. The fraction of sp³-hybridized carbons (Fsp3) is 0.300. The molecule has 0 spiro atoms. The molecule has 0 radical (unpaired) electrons. The summed E-state index contributed by atoms with van der Waals surface area (Å²) in [6.07, 6.45) is 2.96. The number of benzene rings is 5. The number of halogens is 1. The van der Waals surface area contributed by atoms with Gasteiger partial charge in [0, 0.05) is 90.3 Å². The highest BCUT2D eigenvalue weighted by Gasteiger charge is 2.39. The van der Waals surface area contributed by atoms with Crippen molar-refractivity contribution in [2.24, 2.45) is 5.92 Å². The Morgan fingerprint density at radius 3 is 2.21 bits per heavy atom. The maximum absolute atomic E-state index is 13.2. The minimum Gasteiger partial charge on any atom is -0.489 e. The molecular formula is C50H48BrN5O5S. The molecule has 316 valence electrons. The Kier molecular flexibility index (Phi) is 11.5. The first-order chi connectivity index (χ1) is 30.3. The maximum Gasteiger partial charge on any atom is 0.255 e. The van der Waals surface area contributed by atoms with Gasteiger partial charge in [0.05, 0.1) is 4.88 Å². The molecule has 1 atom stereocenters. The van der Waals surface area contributed by atoms with Crippen molar-refractivity contribution in [2.45, 2.75) is 44.9 Å². The van der Waals surface area contributed by atoms with Gasteiger partial charge in [-0.15, -0.1) is 11.3 Å². The van der Waals surface area contributed by atoms with Crippen molar-refractivity contribution >= 4 is 66.4 Å². The van der Waals surface area contributed by atoms with E-state index in [9.17, 15) is 14.4 Å². The molecule has 10 nitrogen and oxygen atoms in total. The molecule has 0 bridgehead atoms. The van der Waals surface area contributed by atoms with E-state index in [1.54, 1.807) is 16.2 Å². The molecule has 1 N–H and O–H groups in total. The van der Waals surface area contributed by atoms with E-state index in [1.807, 2.05) is 36.4 Å². The number of anilines is 2. The van der Waals surface area contributed by atoms with Crippen LogP contribution in [-0.4, -0.2) is 79.4 Å². The van der Waals surface area contributed by atoms with Gasteiger partial charge in [-0.2, -0.15) is 0 Å². The smallest absolute Gasteiger partial charge is 0.255 e. The summed E-state index contributed by atoms with van der Waals surface area (Å²) in [5.41, 5.74) is 6.21. The Morgan fingerprint density at radius 2 is 1.45 bits per heavy atom. The van der Waals surface area contributed by atoms with Crippen LogP contribution in [0.25, 0.3) is 20.5 Å². The lowest BCUT2D eigenvalue weighted by Gasteiger charge is -2.40. The predicted octanol–water partition coefficient (Wildman–Crippen LogP) is 9.50. The van der Waals surface area contributed by atoms with E-state index >= 15 is 0 Å². The summed E-state index contributed by atoms with van der Waals surface area (Å²) in [5, 5.41) is 3.45. The molecule has 0 aliphatic carbocycles. The van der Waals surface area contributed by atoms with Crippen LogP contribution in [0.1, 0.15) is 47.2 Å². The summed E-state index contributed by atoms with van der Waals surface area (Å²) < 4.78 is 15.1. The topological polar surface area (TPSA) is 94.7 Å². The number of imide groups is 1. The van der Waals surface area contributed by atoms with Crippen molar-refractivity contribution in [3.63, 3.8) is 0 Å². The largest absolute Gasteiger partial charge is 0.489 e. The molecule has 5 aromatic carbocycles. The van der Waals surface area contributed by atoms with Crippen LogP contribution < -0.4 is 24.6 Å². The third-order valence-corrected chi connectivity index (χ3v) is 14.5. The molecule has 4 aliphatic rings. The summed E-state index contributed by atoms with van der Waals surface area (Å²) in [4.78, 5) is 47.6. The van der Waals surface area contributed by atoms with Crippen molar-refractivity contribution in [3.05, 3.63) is 136 Å². The second-order valence-corrected chi connectivity index (χ2v) is 18.7. The molecule has 4 aliphatic heterocycles. The van der Waals surface area contributed by atoms with Gasteiger partial charge in [0.25, 0.3) is 5.91 Å². The van der Waals surface area contributed by atoms with Crippen LogP contribution in [0, 0.1) is 5.92 Å². The lowest BCUT2D eigenvalue weighted by atomic mass is 9.95. The number of ether oxygens (including phenoxy) is 2. The first-order valence-electron chi connectivity index (χ1n) is 21.6. The van der Waals surface area contributed by atoms with Gasteiger partial charge in [0.1, 0.15) is 24.1 Å². The highest BCUT2D eigenvalue weighted by molar-refractivity contribution is 9.10. The van der Waals surface area contributed by atoms with Gasteiger partial charge in [-0.25, -0.2) is 0 Å². The van der Waals surface area contributed by atoms with Crippen LogP contribution in [-0.2, 0) is 22.7 Å². The van der Waals surface area contributed by atoms with Gasteiger partial charge in [-0.05, 0) is 115 Å². The fourth-order valence-electron chi connectivity index (χ4n) is 9.30. The lowest BCUT2D eigenvalue weighted by Crippen LogP contribution is -2.52. The summed E-state index contributed by atoms with van der Waals surface area (Å²) in [5.74, 6) is 2.40. The summed E-state index contributed by atoms with van der Waals surface area (Å²) in [7, 11) is 0. The Balaban J connectivity index is 0.728. The van der Waals surface area contributed by atoms with E-state index in [1.165, 1.54) is 5.69 Å². The van der Waals surface area contributed by atoms with Crippen LogP contribution in [0.3, 0.4) is 0 Å². The highest BCUT2D eigenvalue weighted by atomic mass is 79.9. The third-order valence-electron chi connectivity index (χ3n) is 12.8. The minimum atomic E-state index is -0.593. The van der Waals surface area contributed by atoms with Crippen LogP contribution in [0.2, 0.25) is 0 Å². The number of piperidine rings is 2. The van der Waals surface area contributed by atoms with Gasteiger partial charge in [0.15, 0.2) is 5.75 Å². The number of fused-ring (bicyclic) bond motifs is 2. The first-order valence-corrected chi connectivity index (χ1v) is 23.2. The molecule has 5 heterocycles. The van der Waals surface area contributed by atoms with Gasteiger partial charge in [0.2, 0.25) is 11.8 Å². The quantitative estimate of drug-likeness (QED) is 0.129. The van der Waals surface area contributed by atoms with E-state index in [2.05, 4.69) is 115 Å². The lowest BCUT2D eigenvalue weighted by molar-refractivity contribution is -0.136. The summed E-state index contributed by atoms with van der Waals surface area (Å²) >= 11 is 5.31. The van der Waals surface area contributed by atoms with E-state index in [4.69, 9.17) is 9.47 Å². The average molecular weight is 911 g/mol. The SMILES string of the molecule is O=C1CCC(N2Cc3cc(N4CCN(CC5CCN(c6ccc(Oc7c(-c8ccc(Br)cc8)sc8cc(OCc9ccccc9)ccc78)cc6)CC5)CC4)ccc3C2=O)C(=O)N1. The number of carbonyl (C=O) groups is 3. The van der Waals surface area contributed by atoms with Gasteiger partial charge in [-0.3, -0.25) is 24.6 Å². The average Bonchev–Trinajstić information content (AvgIpc) is 3.82. The van der Waals surface area contributed by atoms with Gasteiger partial charge >= 0.3 is 0 Å². The van der Waals surface area contributed by atoms with Crippen LogP contribution in [0.4, 0.5) is 11.4 Å². The van der Waals surface area contributed by atoms with Crippen molar-refractivity contribution in [2.75, 3.05) is 55.6 Å². The molecular weight excluding hydrogens is 863 g/mol. The van der Waals surface area contributed by atoms with Crippen molar-refractivity contribution in [1.29, 1.82) is 0 Å². The summed E-state index contributed by atoms with van der Waals surface area (Å²) in [6, 6.07) is 39.0. The fourth-order valence-corrected chi connectivity index (χ4v) is 10.7. The molecule has 6 aromatic rings. The second kappa shape index (κ2) is 17.6. The Bertz CT molecular complexity index is 2600. The number of piperazine rings is 1. The summed E-state index contributed by atoms with van der Waals surface area (Å²) in [6.45, 7) is 7.99. The molecule has 10 rings (SSSR count). The first kappa shape index (κ1) is 40.4.